The van der Waals surface area contributed by atoms with Crippen molar-refractivity contribution in [2.75, 3.05) is 7.11 Å². The second-order valence-electron chi connectivity index (χ2n) is 6.67. The highest BCUT2D eigenvalue weighted by Gasteiger charge is 2.20. The lowest BCUT2D eigenvalue weighted by molar-refractivity contribution is 0.415. The van der Waals surface area contributed by atoms with Crippen LogP contribution in [0.3, 0.4) is 0 Å². The molecule has 0 amide bonds. The molecule has 5 rings (SSSR count). The average Bonchev–Trinajstić information content (AvgIpc) is 3.32. The van der Waals surface area contributed by atoms with Crippen LogP contribution in [0.5, 0.6) is 5.75 Å². The van der Waals surface area contributed by atoms with Gasteiger partial charge in [0.25, 0.3) is 0 Å². The first-order chi connectivity index (χ1) is 13.2. The van der Waals surface area contributed by atoms with Gasteiger partial charge in [0, 0.05) is 21.9 Å². The summed E-state index contributed by atoms with van der Waals surface area (Å²) < 4.78 is 11.9. The Labute approximate surface area is 156 Å². The van der Waals surface area contributed by atoms with E-state index >= 15 is 0 Å². The molecule has 3 aromatic carbocycles. The molecule has 27 heavy (non-hydrogen) atoms. The normalized spacial score (nSPS) is 11.3. The van der Waals surface area contributed by atoms with Crippen LogP contribution in [0.2, 0.25) is 0 Å². The van der Waals surface area contributed by atoms with Gasteiger partial charge in [-0.05, 0) is 48.4 Å². The first kappa shape index (κ1) is 15.7. The fourth-order valence-corrected chi connectivity index (χ4v) is 3.63. The zero-order chi connectivity index (χ0) is 18.4. The first-order valence-corrected chi connectivity index (χ1v) is 8.84. The predicted octanol–water partition coefficient (Wildman–Crippen LogP) is 5.96. The summed E-state index contributed by atoms with van der Waals surface area (Å²) in [6.45, 7) is 2.05. The van der Waals surface area contributed by atoms with Crippen LogP contribution >= 0.6 is 0 Å². The van der Waals surface area contributed by atoms with Crippen LogP contribution in [0.15, 0.2) is 71.3 Å². The zero-order valence-electron chi connectivity index (χ0n) is 15.1. The highest BCUT2D eigenvalue weighted by atomic mass is 16.5. The van der Waals surface area contributed by atoms with Gasteiger partial charge in [-0.2, -0.15) is 5.10 Å². The molecule has 4 heteroatoms. The van der Waals surface area contributed by atoms with Gasteiger partial charge in [0.15, 0.2) is 0 Å². The van der Waals surface area contributed by atoms with Crippen molar-refractivity contribution >= 4 is 21.9 Å². The van der Waals surface area contributed by atoms with E-state index in [9.17, 15) is 0 Å². The number of ether oxygens (including phenoxy) is 1. The fraction of sp³-hybridized carbons (Fsp3) is 0.0870. The number of nitrogens with zero attached hydrogens (tertiary/aromatic N) is 1. The molecule has 2 aromatic heterocycles. The van der Waals surface area contributed by atoms with Gasteiger partial charge in [-0.1, -0.05) is 30.3 Å². The minimum absolute atomic E-state index is 0.829. The summed E-state index contributed by atoms with van der Waals surface area (Å²) >= 11 is 0. The number of methoxy groups -OCH3 is 1. The maximum Gasteiger partial charge on any atom is 0.143 e. The molecule has 2 heterocycles. The van der Waals surface area contributed by atoms with Crippen molar-refractivity contribution in [3.8, 4) is 28.2 Å². The van der Waals surface area contributed by atoms with Crippen molar-refractivity contribution in [3.63, 3.8) is 0 Å². The summed E-state index contributed by atoms with van der Waals surface area (Å²) in [7, 11) is 1.69. The second kappa shape index (κ2) is 6.02. The number of aromatic amines is 1. The summed E-state index contributed by atoms with van der Waals surface area (Å²) in [6.07, 6.45) is 1.83. The van der Waals surface area contributed by atoms with Crippen molar-refractivity contribution in [2.24, 2.45) is 0 Å². The molecule has 0 fully saturated rings. The Morgan fingerprint density at radius 3 is 2.63 bits per heavy atom. The average molecular weight is 354 g/mol. The smallest absolute Gasteiger partial charge is 0.143 e. The summed E-state index contributed by atoms with van der Waals surface area (Å²) in [5.41, 5.74) is 6.17. The molecule has 0 aliphatic heterocycles. The van der Waals surface area contributed by atoms with Crippen LogP contribution in [0.4, 0.5) is 0 Å². The van der Waals surface area contributed by atoms with E-state index in [-0.39, 0.29) is 0 Å². The number of hydrogen-bond donors (Lipinski definition) is 1. The first-order valence-electron chi connectivity index (χ1n) is 8.84. The Hall–Kier alpha value is -3.53. The maximum absolute atomic E-state index is 6.41. The number of fused-ring (bicyclic) bond motifs is 2. The molecule has 0 radical (unpaired) electrons. The van der Waals surface area contributed by atoms with Gasteiger partial charge < -0.3 is 9.15 Å². The van der Waals surface area contributed by atoms with Gasteiger partial charge >= 0.3 is 0 Å². The van der Waals surface area contributed by atoms with Crippen LogP contribution in [-0.2, 0) is 0 Å². The molecule has 0 aliphatic carbocycles. The molecular formula is C23H18N2O2. The van der Waals surface area contributed by atoms with E-state index in [1.54, 1.807) is 7.11 Å². The van der Waals surface area contributed by atoms with E-state index in [4.69, 9.17) is 9.15 Å². The topological polar surface area (TPSA) is 51.0 Å². The number of rotatable bonds is 3. The van der Waals surface area contributed by atoms with Gasteiger partial charge in [-0.15, -0.1) is 0 Å². The van der Waals surface area contributed by atoms with Crippen molar-refractivity contribution in [1.29, 1.82) is 0 Å². The molecular weight excluding hydrogens is 336 g/mol. The number of hydrogen-bond acceptors (Lipinski definition) is 3. The van der Waals surface area contributed by atoms with Crippen molar-refractivity contribution < 1.29 is 9.15 Å². The molecule has 1 N–H and O–H groups in total. The quantitative estimate of drug-likeness (QED) is 0.435. The maximum atomic E-state index is 6.41. The van der Waals surface area contributed by atoms with Crippen LogP contribution in [0, 0.1) is 6.92 Å². The number of benzene rings is 3. The van der Waals surface area contributed by atoms with E-state index in [2.05, 4.69) is 34.5 Å². The molecule has 0 aliphatic rings. The number of furan rings is 1. The van der Waals surface area contributed by atoms with Crippen LogP contribution < -0.4 is 4.74 Å². The van der Waals surface area contributed by atoms with Gasteiger partial charge in [0.1, 0.15) is 17.1 Å². The Bertz CT molecular complexity index is 1270. The van der Waals surface area contributed by atoms with Crippen LogP contribution in [-0.4, -0.2) is 17.3 Å². The number of aryl methyl sites for hydroxylation is 1. The molecule has 0 bridgehead atoms. The van der Waals surface area contributed by atoms with E-state index in [0.29, 0.717) is 0 Å². The Morgan fingerprint density at radius 1 is 0.963 bits per heavy atom. The van der Waals surface area contributed by atoms with E-state index in [0.717, 1.165) is 55.6 Å². The van der Waals surface area contributed by atoms with Gasteiger partial charge in [0.2, 0.25) is 0 Å². The largest absolute Gasteiger partial charge is 0.497 e. The minimum atomic E-state index is 0.829. The van der Waals surface area contributed by atoms with Crippen molar-refractivity contribution in [3.05, 3.63) is 72.4 Å². The zero-order valence-corrected chi connectivity index (χ0v) is 15.1. The third kappa shape index (κ3) is 2.49. The summed E-state index contributed by atoms with van der Waals surface area (Å²) in [6, 6.07) is 20.6. The lowest BCUT2D eigenvalue weighted by atomic mass is 9.97. The van der Waals surface area contributed by atoms with Crippen molar-refractivity contribution in [2.45, 2.75) is 6.92 Å². The second-order valence-corrected chi connectivity index (χ2v) is 6.67. The Morgan fingerprint density at radius 2 is 1.81 bits per heavy atom. The monoisotopic (exact) mass is 354 g/mol. The van der Waals surface area contributed by atoms with E-state index in [1.165, 1.54) is 0 Å². The van der Waals surface area contributed by atoms with Gasteiger partial charge in [-0.3, -0.25) is 5.10 Å². The lowest BCUT2D eigenvalue weighted by Crippen LogP contribution is -1.85. The van der Waals surface area contributed by atoms with E-state index in [1.807, 2.05) is 49.5 Å². The number of H-pyrrole nitrogens is 1. The summed E-state index contributed by atoms with van der Waals surface area (Å²) in [5, 5.41) is 9.23. The summed E-state index contributed by atoms with van der Waals surface area (Å²) in [4.78, 5) is 0. The molecule has 0 spiro atoms. The minimum Gasteiger partial charge on any atom is -0.497 e. The Balaban J connectivity index is 1.86. The van der Waals surface area contributed by atoms with Crippen LogP contribution in [0.25, 0.3) is 44.3 Å². The fourth-order valence-electron chi connectivity index (χ4n) is 3.63. The standard InChI is InChI=1S/C23H18N2O2/c1-14-10-18(26-2)12-19-21(15-6-4-3-5-7-15)23(27-22(14)19)16-8-9-20-17(11-16)13-24-25-20/h3-13H,1-2H3,(H,24,25). The SMILES string of the molecule is COc1cc(C)c2oc(-c3ccc4[nH]ncc4c3)c(-c3ccccc3)c2c1. The highest BCUT2D eigenvalue weighted by Crippen LogP contribution is 2.43. The van der Waals surface area contributed by atoms with Crippen LogP contribution in [0.1, 0.15) is 5.56 Å². The third-order valence-corrected chi connectivity index (χ3v) is 4.95. The highest BCUT2D eigenvalue weighted by molar-refractivity contribution is 6.04. The molecule has 0 atom stereocenters. The number of nitrogens with one attached hydrogen (secondary N) is 1. The number of aromatic nitrogens is 2. The lowest BCUT2D eigenvalue weighted by Gasteiger charge is -2.05. The summed E-state index contributed by atoms with van der Waals surface area (Å²) in [5.74, 6) is 1.69. The molecule has 0 unspecified atom stereocenters. The predicted molar refractivity (Wildman–Crippen MR) is 108 cm³/mol. The molecule has 0 saturated carbocycles. The Kier molecular flexibility index (Phi) is 3.50. The molecule has 132 valence electrons. The molecule has 0 saturated heterocycles. The van der Waals surface area contributed by atoms with Gasteiger partial charge in [0.05, 0.1) is 18.8 Å². The molecule has 4 nitrogen and oxygen atoms in total. The third-order valence-electron chi connectivity index (χ3n) is 4.95. The molecule has 5 aromatic rings. The van der Waals surface area contributed by atoms with Gasteiger partial charge in [-0.25, -0.2) is 0 Å². The van der Waals surface area contributed by atoms with E-state index < -0.39 is 0 Å². The van der Waals surface area contributed by atoms with Crippen molar-refractivity contribution in [1.82, 2.24) is 10.2 Å².